The highest BCUT2D eigenvalue weighted by Gasteiger charge is 2.23. The Morgan fingerprint density at radius 1 is 1.00 bits per heavy atom. The smallest absolute Gasteiger partial charge is 0.162 e. The van der Waals surface area contributed by atoms with E-state index in [0.717, 1.165) is 11.3 Å². The van der Waals surface area contributed by atoms with Gasteiger partial charge in [0.05, 0.1) is 17.3 Å². The first-order valence-corrected chi connectivity index (χ1v) is 6.92. The van der Waals surface area contributed by atoms with Gasteiger partial charge in [-0.05, 0) is 29.8 Å². The van der Waals surface area contributed by atoms with Crippen molar-refractivity contribution in [3.63, 3.8) is 0 Å². The molecule has 0 fully saturated rings. The van der Waals surface area contributed by atoms with Crippen molar-refractivity contribution in [2.45, 2.75) is 6.10 Å². The third kappa shape index (κ3) is 2.62. The molecule has 0 radical (unpaired) electrons. The highest BCUT2D eigenvalue weighted by atomic mass is 35.5. The van der Waals surface area contributed by atoms with Gasteiger partial charge < -0.3 is 10.1 Å². The van der Waals surface area contributed by atoms with Crippen LogP contribution in [0.15, 0.2) is 36.4 Å². The van der Waals surface area contributed by atoms with E-state index >= 15 is 0 Å². The molecule has 5 heteroatoms. The lowest BCUT2D eigenvalue weighted by Gasteiger charge is -2.28. The Hall–Kier alpha value is -1.09. The second kappa shape index (κ2) is 5.12. The van der Waals surface area contributed by atoms with Gasteiger partial charge in [-0.2, -0.15) is 0 Å². The SMILES string of the molecule is Clc1ccc(C2CNc3cc(Cl)cc(Cl)c3O2)cc1. The molecule has 0 aromatic heterocycles. The quantitative estimate of drug-likeness (QED) is 0.782. The fraction of sp³-hybridized carbons (Fsp3) is 0.143. The summed E-state index contributed by atoms with van der Waals surface area (Å²) >= 11 is 18.0. The Bertz CT molecular complexity index is 613. The van der Waals surface area contributed by atoms with Gasteiger partial charge in [-0.25, -0.2) is 0 Å². The molecule has 0 saturated heterocycles. The van der Waals surface area contributed by atoms with E-state index in [9.17, 15) is 0 Å². The van der Waals surface area contributed by atoms with Crippen molar-refractivity contribution in [1.82, 2.24) is 0 Å². The van der Waals surface area contributed by atoms with E-state index in [-0.39, 0.29) is 6.10 Å². The van der Waals surface area contributed by atoms with E-state index in [1.807, 2.05) is 24.3 Å². The van der Waals surface area contributed by atoms with Crippen LogP contribution in [0.3, 0.4) is 0 Å². The van der Waals surface area contributed by atoms with Crippen molar-refractivity contribution in [2.24, 2.45) is 0 Å². The number of nitrogens with one attached hydrogen (secondary N) is 1. The minimum atomic E-state index is -0.0940. The van der Waals surface area contributed by atoms with Crippen LogP contribution in [0, 0.1) is 0 Å². The van der Waals surface area contributed by atoms with E-state index in [1.165, 1.54) is 0 Å². The summed E-state index contributed by atoms with van der Waals surface area (Å²) in [7, 11) is 0. The lowest BCUT2D eigenvalue weighted by Crippen LogP contribution is -2.23. The number of hydrogen-bond acceptors (Lipinski definition) is 2. The lowest BCUT2D eigenvalue weighted by molar-refractivity contribution is 0.210. The van der Waals surface area contributed by atoms with E-state index in [4.69, 9.17) is 39.5 Å². The summed E-state index contributed by atoms with van der Waals surface area (Å²) in [5, 5.41) is 5.08. The molecule has 1 aliphatic heterocycles. The highest BCUT2D eigenvalue weighted by molar-refractivity contribution is 6.36. The molecule has 1 unspecified atom stereocenters. The molecule has 2 aromatic carbocycles. The molecule has 2 aromatic rings. The first-order chi connectivity index (χ1) is 9.13. The number of halogens is 3. The summed E-state index contributed by atoms with van der Waals surface area (Å²) in [6, 6.07) is 11.1. The molecule has 0 spiro atoms. The van der Waals surface area contributed by atoms with Crippen LogP contribution >= 0.6 is 34.8 Å². The monoisotopic (exact) mass is 313 g/mol. The molecule has 19 heavy (non-hydrogen) atoms. The second-order valence-corrected chi connectivity index (χ2v) is 5.58. The fourth-order valence-electron chi connectivity index (χ4n) is 2.06. The maximum Gasteiger partial charge on any atom is 0.162 e. The minimum absolute atomic E-state index is 0.0940. The summed E-state index contributed by atoms with van der Waals surface area (Å²) in [6.07, 6.45) is -0.0940. The number of ether oxygens (including phenoxy) is 1. The molecule has 1 N–H and O–H groups in total. The van der Waals surface area contributed by atoms with E-state index in [0.29, 0.717) is 27.4 Å². The largest absolute Gasteiger partial charge is 0.480 e. The summed E-state index contributed by atoms with van der Waals surface area (Å²) in [4.78, 5) is 0. The second-order valence-electron chi connectivity index (χ2n) is 4.30. The van der Waals surface area contributed by atoms with Crippen LogP contribution < -0.4 is 10.1 Å². The number of fused-ring (bicyclic) bond motifs is 1. The maximum absolute atomic E-state index is 6.15. The van der Waals surface area contributed by atoms with Crippen LogP contribution in [-0.2, 0) is 0 Å². The van der Waals surface area contributed by atoms with Gasteiger partial charge in [-0.1, -0.05) is 46.9 Å². The van der Waals surface area contributed by atoms with E-state index in [2.05, 4.69) is 5.32 Å². The van der Waals surface area contributed by atoms with Gasteiger partial charge in [0.2, 0.25) is 0 Å². The van der Waals surface area contributed by atoms with Crippen molar-refractivity contribution in [3.8, 4) is 5.75 Å². The molecule has 0 aliphatic carbocycles. The zero-order valence-electron chi connectivity index (χ0n) is 9.79. The molecule has 1 heterocycles. The van der Waals surface area contributed by atoms with Gasteiger partial charge in [-0.15, -0.1) is 0 Å². The zero-order chi connectivity index (χ0) is 13.4. The van der Waals surface area contributed by atoms with Crippen molar-refractivity contribution >= 4 is 40.5 Å². The average molecular weight is 315 g/mol. The van der Waals surface area contributed by atoms with Crippen LogP contribution in [0.4, 0.5) is 5.69 Å². The molecule has 1 atom stereocenters. The third-order valence-corrected chi connectivity index (χ3v) is 3.74. The van der Waals surface area contributed by atoms with Gasteiger partial charge in [0.25, 0.3) is 0 Å². The molecule has 2 nitrogen and oxygen atoms in total. The summed E-state index contributed by atoms with van der Waals surface area (Å²) in [5.74, 6) is 0.636. The van der Waals surface area contributed by atoms with Gasteiger partial charge in [0.15, 0.2) is 5.75 Å². The van der Waals surface area contributed by atoms with E-state index < -0.39 is 0 Å². The van der Waals surface area contributed by atoms with Gasteiger partial charge in [0, 0.05) is 10.0 Å². The van der Waals surface area contributed by atoms with Crippen LogP contribution in [0.2, 0.25) is 15.1 Å². The Kier molecular flexibility index (Phi) is 3.48. The van der Waals surface area contributed by atoms with Crippen LogP contribution in [0.5, 0.6) is 5.75 Å². The Morgan fingerprint density at radius 2 is 1.74 bits per heavy atom. The molecule has 3 rings (SSSR count). The predicted octanol–water partition coefficient (Wildman–Crippen LogP) is 5.19. The lowest BCUT2D eigenvalue weighted by atomic mass is 10.1. The number of hydrogen-bond donors (Lipinski definition) is 1. The summed E-state index contributed by atoms with van der Waals surface area (Å²) in [5.41, 5.74) is 1.87. The third-order valence-electron chi connectivity index (χ3n) is 2.99. The number of benzene rings is 2. The zero-order valence-corrected chi connectivity index (χ0v) is 12.1. The van der Waals surface area contributed by atoms with Gasteiger partial charge in [0.1, 0.15) is 6.10 Å². The molecular formula is C14H10Cl3NO. The first kappa shape index (κ1) is 12.9. The topological polar surface area (TPSA) is 21.3 Å². The number of rotatable bonds is 1. The molecule has 0 bridgehead atoms. The van der Waals surface area contributed by atoms with Crippen molar-refractivity contribution in [1.29, 1.82) is 0 Å². The minimum Gasteiger partial charge on any atom is -0.480 e. The Morgan fingerprint density at radius 3 is 2.47 bits per heavy atom. The van der Waals surface area contributed by atoms with Gasteiger partial charge in [-0.3, -0.25) is 0 Å². The maximum atomic E-state index is 6.15. The number of anilines is 1. The van der Waals surface area contributed by atoms with Crippen molar-refractivity contribution < 1.29 is 4.74 Å². The Labute approximate surface area is 126 Å². The highest BCUT2D eigenvalue weighted by Crippen LogP contribution is 2.41. The predicted molar refractivity (Wildman–Crippen MR) is 79.8 cm³/mol. The average Bonchev–Trinajstić information content (AvgIpc) is 2.39. The van der Waals surface area contributed by atoms with Crippen molar-refractivity contribution in [2.75, 3.05) is 11.9 Å². The molecule has 1 aliphatic rings. The summed E-state index contributed by atoms with van der Waals surface area (Å²) < 4.78 is 5.95. The molecule has 0 saturated carbocycles. The van der Waals surface area contributed by atoms with Crippen LogP contribution in [-0.4, -0.2) is 6.54 Å². The molecule has 98 valence electrons. The van der Waals surface area contributed by atoms with E-state index in [1.54, 1.807) is 12.1 Å². The standard InChI is InChI=1S/C14H10Cl3NO/c15-9-3-1-8(2-4-9)13-7-18-12-6-10(16)5-11(17)14(12)19-13/h1-6,13,18H,7H2. The molecular weight excluding hydrogens is 305 g/mol. The molecule has 0 amide bonds. The normalized spacial score (nSPS) is 17.3. The van der Waals surface area contributed by atoms with Gasteiger partial charge >= 0.3 is 0 Å². The van der Waals surface area contributed by atoms with Crippen LogP contribution in [0.25, 0.3) is 0 Å². The van der Waals surface area contributed by atoms with Crippen LogP contribution in [0.1, 0.15) is 11.7 Å². The summed E-state index contributed by atoms with van der Waals surface area (Å²) in [6.45, 7) is 0.658. The Balaban J connectivity index is 1.92. The fourth-order valence-corrected chi connectivity index (χ4v) is 2.73. The van der Waals surface area contributed by atoms with Crippen molar-refractivity contribution in [3.05, 3.63) is 57.0 Å². The first-order valence-electron chi connectivity index (χ1n) is 5.78.